The summed E-state index contributed by atoms with van der Waals surface area (Å²) in [6.45, 7) is 0.825. The molecule has 0 saturated carbocycles. The number of carboxylic acid groups (broad SMARTS) is 1. The van der Waals surface area contributed by atoms with Crippen molar-refractivity contribution in [3.05, 3.63) is 70.8 Å². The summed E-state index contributed by atoms with van der Waals surface area (Å²) in [5.41, 5.74) is 1.15. The lowest BCUT2D eigenvalue weighted by Crippen LogP contribution is -2.32. The van der Waals surface area contributed by atoms with Gasteiger partial charge in [0, 0.05) is 18.7 Å². The Hall–Kier alpha value is -2.31. The van der Waals surface area contributed by atoms with Crippen molar-refractivity contribution in [2.45, 2.75) is 12.6 Å². The summed E-state index contributed by atoms with van der Waals surface area (Å²) >= 11 is 0. The number of benzene rings is 2. The van der Waals surface area contributed by atoms with E-state index >= 15 is 0 Å². The number of carbonyl (C=O) groups is 1. The molecule has 0 aliphatic rings. The van der Waals surface area contributed by atoms with Gasteiger partial charge in [-0.05, 0) is 43.9 Å². The van der Waals surface area contributed by atoms with Crippen molar-refractivity contribution >= 4 is 5.97 Å². The molecule has 6 heteroatoms. The molecule has 0 amide bonds. The van der Waals surface area contributed by atoms with E-state index in [1.165, 1.54) is 30.3 Å². The van der Waals surface area contributed by atoms with Gasteiger partial charge in [-0.2, -0.15) is 0 Å². The number of nitrogens with one attached hydrogen (secondary N) is 1. The fraction of sp³-hybridized carbons (Fsp3) is 0.278. The average molecular weight is 334 g/mol. The first-order valence-corrected chi connectivity index (χ1v) is 7.53. The van der Waals surface area contributed by atoms with Crippen LogP contribution in [0, 0.1) is 11.6 Å². The Kier molecular flexibility index (Phi) is 6.00. The topological polar surface area (TPSA) is 52.6 Å². The third-order valence-corrected chi connectivity index (χ3v) is 3.82. The molecule has 24 heavy (non-hydrogen) atoms. The summed E-state index contributed by atoms with van der Waals surface area (Å²) in [6, 6.07) is 9.87. The van der Waals surface area contributed by atoms with Gasteiger partial charge in [0.15, 0.2) is 0 Å². The molecule has 1 atom stereocenters. The normalized spacial score (nSPS) is 12.4. The highest BCUT2D eigenvalue weighted by atomic mass is 19.1. The number of rotatable bonds is 7. The van der Waals surface area contributed by atoms with E-state index in [1.807, 2.05) is 0 Å². The van der Waals surface area contributed by atoms with Crippen molar-refractivity contribution < 1.29 is 18.7 Å². The molecule has 0 aromatic heterocycles. The van der Waals surface area contributed by atoms with Crippen LogP contribution in [0.15, 0.2) is 42.5 Å². The van der Waals surface area contributed by atoms with Crippen LogP contribution < -0.4 is 5.32 Å². The number of likely N-dealkylation sites (N-methyl/N-ethyl adjacent to an activating group) is 1. The van der Waals surface area contributed by atoms with Gasteiger partial charge in [-0.1, -0.05) is 18.2 Å². The van der Waals surface area contributed by atoms with Crippen molar-refractivity contribution in [3.8, 4) is 0 Å². The summed E-state index contributed by atoms with van der Waals surface area (Å²) in [4.78, 5) is 12.6. The Balaban J connectivity index is 2.03. The summed E-state index contributed by atoms with van der Waals surface area (Å²) in [5, 5.41) is 12.0. The SMILES string of the molecule is CN(C)C(CNCc1ccc(C(=O)O)cc1)c1c(F)cccc1F. The second kappa shape index (κ2) is 7.99. The third-order valence-electron chi connectivity index (χ3n) is 3.82. The fourth-order valence-electron chi connectivity index (χ4n) is 2.49. The number of hydrogen-bond acceptors (Lipinski definition) is 3. The second-order valence-corrected chi connectivity index (χ2v) is 5.75. The molecule has 0 radical (unpaired) electrons. The van der Waals surface area contributed by atoms with Crippen LogP contribution in [0.5, 0.6) is 0 Å². The van der Waals surface area contributed by atoms with Crippen LogP contribution in [-0.4, -0.2) is 36.6 Å². The zero-order chi connectivity index (χ0) is 17.7. The average Bonchev–Trinajstić information content (AvgIpc) is 2.53. The van der Waals surface area contributed by atoms with Crippen LogP contribution in [0.25, 0.3) is 0 Å². The minimum atomic E-state index is -0.975. The molecule has 0 aliphatic heterocycles. The molecule has 2 N–H and O–H groups in total. The van der Waals surface area contributed by atoms with E-state index in [9.17, 15) is 13.6 Å². The molecule has 0 fully saturated rings. The number of halogens is 2. The van der Waals surface area contributed by atoms with Crippen LogP contribution in [0.2, 0.25) is 0 Å². The number of aromatic carboxylic acids is 1. The first-order chi connectivity index (χ1) is 11.4. The summed E-state index contributed by atoms with van der Waals surface area (Å²) in [5.74, 6) is -2.11. The molecule has 2 aromatic rings. The Bertz CT molecular complexity index is 682. The van der Waals surface area contributed by atoms with Crippen molar-refractivity contribution in [1.82, 2.24) is 10.2 Å². The molecule has 4 nitrogen and oxygen atoms in total. The van der Waals surface area contributed by atoms with Crippen LogP contribution >= 0.6 is 0 Å². The molecule has 0 saturated heterocycles. The molecule has 2 aromatic carbocycles. The highest BCUT2D eigenvalue weighted by Gasteiger charge is 2.21. The highest BCUT2D eigenvalue weighted by molar-refractivity contribution is 5.87. The fourth-order valence-corrected chi connectivity index (χ4v) is 2.49. The molecule has 0 spiro atoms. The molecule has 128 valence electrons. The standard InChI is InChI=1S/C18H20F2N2O2/c1-22(2)16(17-14(19)4-3-5-15(17)20)11-21-10-12-6-8-13(9-7-12)18(23)24/h3-9,16,21H,10-11H2,1-2H3,(H,23,24). The lowest BCUT2D eigenvalue weighted by Gasteiger charge is -2.26. The molecule has 2 rings (SSSR count). The van der Waals surface area contributed by atoms with Crippen molar-refractivity contribution in [2.75, 3.05) is 20.6 Å². The van der Waals surface area contributed by atoms with Gasteiger partial charge < -0.3 is 15.3 Å². The zero-order valence-electron chi connectivity index (χ0n) is 13.6. The summed E-state index contributed by atoms with van der Waals surface area (Å²) in [7, 11) is 3.53. The lowest BCUT2D eigenvalue weighted by molar-refractivity contribution is 0.0697. The van der Waals surface area contributed by atoms with E-state index in [-0.39, 0.29) is 11.1 Å². The second-order valence-electron chi connectivity index (χ2n) is 5.75. The number of hydrogen-bond donors (Lipinski definition) is 2. The van der Waals surface area contributed by atoms with Gasteiger partial charge in [0.05, 0.1) is 11.6 Å². The Morgan fingerprint density at radius 1 is 1.12 bits per heavy atom. The maximum atomic E-state index is 14.0. The first-order valence-electron chi connectivity index (χ1n) is 7.53. The van der Waals surface area contributed by atoms with Crippen LogP contribution in [-0.2, 0) is 6.54 Å². The monoisotopic (exact) mass is 334 g/mol. The quantitative estimate of drug-likeness (QED) is 0.817. The highest BCUT2D eigenvalue weighted by Crippen LogP contribution is 2.24. The molecule has 0 aliphatic carbocycles. The van der Waals surface area contributed by atoms with E-state index in [1.54, 1.807) is 31.1 Å². The number of nitrogens with zero attached hydrogens (tertiary/aromatic N) is 1. The largest absolute Gasteiger partial charge is 0.478 e. The summed E-state index contributed by atoms with van der Waals surface area (Å²) in [6.07, 6.45) is 0. The Morgan fingerprint density at radius 3 is 2.21 bits per heavy atom. The zero-order valence-corrected chi connectivity index (χ0v) is 13.6. The van der Waals surface area contributed by atoms with Gasteiger partial charge in [-0.25, -0.2) is 13.6 Å². The summed E-state index contributed by atoms with van der Waals surface area (Å²) < 4.78 is 28.0. The first kappa shape index (κ1) is 18.0. The van der Waals surface area contributed by atoms with E-state index in [0.717, 1.165) is 5.56 Å². The van der Waals surface area contributed by atoms with E-state index in [4.69, 9.17) is 5.11 Å². The third kappa shape index (κ3) is 4.37. The van der Waals surface area contributed by atoms with Gasteiger partial charge >= 0.3 is 5.97 Å². The lowest BCUT2D eigenvalue weighted by atomic mass is 10.0. The van der Waals surface area contributed by atoms with Crippen molar-refractivity contribution in [3.63, 3.8) is 0 Å². The van der Waals surface area contributed by atoms with Gasteiger partial charge in [0.1, 0.15) is 11.6 Å². The molecule has 0 heterocycles. The Labute approximate surface area is 139 Å². The predicted octanol–water partition coefficient (Wildman–Crippen LogP) is 3.06. The Morgan fingerprint density at radius 2 is 1.71 bits per heavy atom. The van der Waals surface area contributed by atoms with Gasteiger partial charge in [-0.15, -0.1) is 0 Å². The van der Waals surface area contributed by atoms with E-state index in [2.05, 4.69) is 5.32 Å². The molecule has 0 bridgehead atoms. The number of carboxylic acids is 1. The van der Waals surface area contributed by atoms with E-state index in [0.29, 0.717) is 13.1 Å². The molecule has 1 unspecified atom stereocenters. The minimum Gasteiger partial charge on any atom is -0.478 e. The molecular formula is C18H20F2N2O2. The predicted molar refractivity (Wildman–Crippen MR) is 87.9 cm³/mol. The smallest absolute Gasteiger partial charge is 0.335 e. The van der Waals surface area contributed by atoms with Gasteiger partial charge in [0.25, 0.3) is 0 Å². The van der Waals surface area contributed by atoms with Crippen LogP contribution in [0.1, 0.15) is 27.5 Å². The van der Waals surface area contributed by atoms with Crippen LogP contribution in [0.3, 0.4) is 0 Å². The van der Waals surface area contributed by atoms with Crippen molar-refractivity contribution in [2.24, 2.45) is 0 Å². The van der Waals surface area contributed by atoms with Crippen molar-refractivity contribution in [1.29, 1.82) is 0 Å². The molecular weight excluding hydrogens is 314 g/mol. The van der Waals surface area contributed by atoms with Gasteiger partial charge in [-0.3, -0.25) is 0 Å². The minimum absolute atomic E-state index is 0.0382. The van der Waals surface area contributed by atoms with Crippen LogP contribution in [0.4, 0.5) is 8.78 Å². The maximum absolute atomic E-state index is 14.0. The van der Waals surface area contributed by atoms with E-state index < -0.39 is 23.6 Å². The van der Waals surface area contributed by atoms with Gasteiger partial charge in [0.2, 0.25) is 0 Å². The maximum Gasteiger partial charge on any atom is 0.335 e.